The smallest absolute Gasteiger partial charge is 0.336 e. The number of hydrogen-bond acceptors (Lipinski definition) is 14. The molecular formula is C48H52N4O10. The lowest BCUT2D eigenvalue weighted by Gasteiger charge is -2.49. The highest BCUT2D eigenvalue weighted by molar-refractivity contribution is 5.92. The van der Waals surface area contributed by atoms with E-state index in [1.807, 2.05) is 25.3 Å². The first kappa shape index (κ1) is 41.4. The van der Waals surface area contributed by atoms with Gasteiger partial charge in [-0.3, -0.25) is 4.79 Å². The summed E-state index contributed by atoms with van der Waals surface area (Å²) in [6.07, 6.45) is 7.56. The molecule has 0 spiro atoms. The van der Waals surface area contributed by atoms with E-state index in [4.69, 9.17) is 24.6 Å². The summed E-state index contributed by atoms with van der Waals surface area (Å²) in [5.74, 6) is -2.38. The maximum absolute atomic E-state index is 14.1. The molecule has 0 saturated heterocycles. The molecular weight excluding hydrogens is 793 g/mol. The number of nitrogens with zero attached hydrogens (tertiary/aromatic N) is 2. The number of aliphatic hydroxyl groups excluding tert-OH is 3. The minimum Gasteiger partial charge on any atom is -0.508 e. The van der Waals surface area contributed by atoms with Crippen LogP contribution >= 0.6 is 0 Å². The van der Waals surface area contributed by atoms with Crippen LogP contribution in [0.15, 0.2) is 69.7 Å². The number of nitrogens with two attached hydrogens (primary N) is 1. The maximum atomic E-state index is 14.1. The van der Waals surface area contributed by atoms with E-state index < -0.39 is 66.4 Å². The number of benzene rings is 2. The number of rotatable bonds is 7. The molecule has 62 heavy (non-hydrogen) atoms. The Labute approximate surface area is 358 Å². The number of hydrogen-bond donors (Lipinski definition) is 7. The Morgan fingerprint density at radius 2 is 1.85 bits per heavy atom. The van der Waals surface area contributed by atoms with Gasteiger partial charge >= 0.3 is 5.97 Å². The molecule has 0 fully saturated rings. The number of ether oxygens (including phenoxy) is 2. The van der Waals surface area contributed by atoms with Crippen molar-refractivity contribution in [2.45, 2.75) is 108 Å². The van der Waals surface area contributed by atoms with E-state index >= 15 is 0 Å². The summed E-state index contributed by atoms with van der Waals surface area (Å²) in [5, 5.41) is 58.8. The molecule has 6 heterocycles. The highest BCUT2D eigenvalue weighted by atomic mass is 16.6. The molecule has 5 aromatic rings. The molecule has 0 unspecified atom stereocenters. The number of nitrogens with one attached hydrogen (secondary N) is 1. The third kappa shape index (κ3) is 6.84. The molecule has 1 aliphatic carbocycles. The number of anilines is 2. The second-order valence-electron chi connectivity index (χ2n) is 17.5. The zero-order valence-electron chi connectivity index (χ0n) is 35.0. The van der Waals surface area contributed by atoms with Gasteiger partial charge in [0.2, 0.25) is 0 Å². The Morgan fingerprint density at radius 3 is 2.61 bits per heavy atom. The average Bonchev–Trinajstić information content (AvgIpc) is 3.30. The number of pyridine rings is 2. The topological polar surface area (TPSA) is 231 Å². The van der Waals surface area contributed by atoms with E-state index in [-0.39, 0.29) is 63.6 Å². The van der Waals surface area contributed by atoms with Crippen LogP contribution in [-0.2, 0) is 41.8 Å². The summed E-state index contributed by atoms with van der Waals surface area (Å²) in [6, 6.07) is 10.6. The van der Waals surface area contributed by atoms with Crippen LogP contribution in [0.5, 0.6) is 17.2 Å². The van der Waals surface area contributed by atoms with Gasteiger partial charge in [-0.25, -0.2) is 14.8 Å². The number of aromatic nitrogens is 2. The molecule has 7 atom stereocenters. The summed E-state index contributed by atoms with van der Waals surface area (Å²) < 4.78 is 20.3. The fraction of sp³-hybridized carbons (Fsp3) is 0.417. The first-order valence-electron chi connectivity index (χ1n) is 21.4. The lowest BCUT2D eigenvalue weighted by atomic mass is 9.67. The molecule has 3 aromatic heterocycles. The molecule has 8 N–H and O–H groups in total. The Hall–Kier alpha value is -5.96. The van der Waals surface area contributed by atoms with Crippen molar-refractivity contribution in [2.24, 2.45) is 5.92 Å². The number of phenolic OH excluding ortho intramolecular Hbond substituents is 2. The van der Waals surface area contributed by atoms with Gasteiger partial charge < -0.3 is 50.5 Å². The lowest BCUT2D eigenvalue weighted by molar-refractivity contribution is -0.165. The number of nitrogen functional groups attached to an aromatic ring is 1. The SMILES string of the molecule is C/C=C(/CO)C(=O)O[C@@H]1Cc2c3c(c4oc(CO)cc(=O)c4c2O)[C@@H]2c4ccnc(N)c4[C@@H](CCc4ccc(O)cc4[C@H]2CO)C[C@@H](Cc2cnc4c(c2)CC[C@H](C)N4)[C@]1(C)O3. The van der Waals surface area contributed by atoms with Crippen molar-refractivity contribution in [1.29, 1.82) is 0 Å². The average molecular weight is 845 g/mol. The van der Waals surface area contributed by atoms with Gasteiger partial charge in [-0.2, -0.15) is 0 Å². The summed E-state index contributed by atoms with van der Waals surface area (Å²) in [5.41, 5.74) is 10.5. The monoisotopic (exact) mass is 844 g/mol. The van der Waals surface area contributed by atoms with E-state index in [2.05, 4.69) is 23.3 Å². The van der Waals surface area contributed by atoms with Gasteiger partial charge in [0.1, 0.15) is 63.9 Å². The zero-order chi connectivity index (χ0) is 43.6. The lowest BCUT2D eigenvalue weighted by Crippen LogP contribution is -2.57. The van der Waals surface area contributed by atoms with Crippen LogP contribution in [0.1, 0.15) is 108 Å². The number of carbonyl (C=O) groups is 1. The molecule has 14 nitrogen and oxygen atoms in total. The summed E-state index contributed by atoms with van der Waals surface area (Å²) in [7, 11) is 0. The zero-order valence-corrected chi connectivity index (χ0v) is 35.0. The van der Waals surface area contributed by atoms with Gasteiger partial charge in [0, 0.05) is 65.4 Å². The third-order valence-corrected chi connectivity index (χ3v) is 13.9. The number of fused-ring (bicyclic) bond motifs is 6. The van der Waals surface area contributed by atoms with Gasteiger partial charge in [-0.05, 0) is 111 Å². The Morgan fingerprint density at radius 1 is 1.05 bits per heavy atom. The largest absolute Gasteiger partial charge is 0.508 e. The second kappa shape index (κ2) is 16.1. The van der Waals surface area contributed by atoms with Gasteiger partial charge in [0.25, 0.3) is 0 Å². The standard InChI is InChI=1S/C48H52N4O10/c1-4-25(20-53)47(59)61-37-18-34-42(58)40-36(57)17-31(21-54)60-44(40)41-39-32-11-12-50-45(49)38(32)27(8-7-26-9-10-30(56)16-33(26)35(39)22-55)15-29(48(37,3)62-43(34)41)14-24-13-28-6-5-23(2)52-46(28)51-19-24/h4,9-13,16-17,19,23,27,29,35,37,39,53-56,58H,5-8,14-15,18,20-22H2,1-3H3,(H2,49,50)(H,51,52)/b25-4-/t23-,27-,29+,35+,37+,39+,48-/m0/s1. The fourth-order valence-electron chi connectivity index (χ4n) is 10.7. The predicted molar refractivity (Wildman–Crippen MR) is 230 cm³/mol. The number of carbonyl (C=O) groups excluding carboxylic acids is 1. The predicted octanol–water partition coefficient (Wildman–Crippen LogP) is 5.56. The van der Waals surface area contributed by atoms with E-state index in [1.165, 1.54) is 6.08 Å². The van der Waals surface area contributed by atoms with Crippen molar-refractivity contribution in [3.63, 3.8) is 0 Å². The molecule has 324 valence electrons. The normalized spacial score (nSPS) is 25.2. The maximum Gasteiger partial charge on any atom is 0.336 e. The van der Waals surface area contributed by atoms with Crippen molar-refractivity contribution in [2.75, 3.05) is 24.3 Å². The first-order valence-corrected chi connectivity index (χ1v) is 21.4. The van der Waals surface area contributed by atoms with Gasteiger partial charge in [0.05, 0.1) is 18.8 Å². The van der Waals surface area contributed by atoms with Crippen LogP contribution in [0.25, 0.3) is 11.0 Å². The second-order valence-corrected chi connectivity index (χ2v) is 17.5. The van der Waals surface area contributed by atoms with Gasteiger partial charge in [-0.15, -0.1) is 0 Å². The highest BCUT2D eigenvalue weighted by Crippen LogP contribution is 2.58. The summed E-state index contributed by atoms with van der Waals surface area (Å²) in [6.45, 7) is 4.04. The molecule has 9 rings (SSSR count). The molecule has 0 saturated carbocycles. The van der Waals surface area contributed by atoms with Crippen molar-refractivity contribution < 1.29 is 44.2 Å². The van der Waals surface area contributed by atoms with Crippen LogP contribution in [0, 0.1) is 5.92 Å². The summed E-state index contributed by atoms with van der Waals surface area (Å²) in [4.78, 5) is 37.6. The van der Waals surface area contributed by atoms with Crippen molar-refractivity contribution in [1.82, 2.24) is 9.97 Å². The number of aryl methyl sites for hydroxylation is 2. The Balaban J connectivity index is 1.39. The molecule has 14 heteroatoms. The molecule has 2 aromatic carbocycles. The minimum atomic E-state index is -1.37. The van der Waals surface area contributed by atoms with Crippen molar-refractivity contribution in [3.05, 3.63) is 121 Å². The minimum absolute atomic E-state index is 0.00228. The van der Waals surface area contributed by atoms with Crippen molar-refractivity contribution >= 4 is 28.6 Å². The highest BCUT2D eigenvalue weighted by Gasteiger charge is 2.54. The van der Waals surface area contributed by atoms with Crippen LogP contribution in [0.2, 0.25) is 0 Å². The number of allylic oxidation sites excluding steroid dienone is 1. The van der Waals surface area contributed by atoms with Crippen LogP contribution in [-0.4, -0.2) is 72.4 Å². The van der Waals surface area contributed by atoms with Crippen molar-refractivity contribution in [3.8, 4) is 17.2 Å². The molecule has 0 amide bonds. The summed E-state index contributed by atoms with van der Waals surface area (Å²) >= 11 is 0. The van der Waals surface area contributed by atoms with E-state index in [9.17, 15) is 35.1 Å². The van der Waals surface area contributed by atoms with E-state index in [0.29, 0.717) is 42.4 Å². The number of aromatic hydroxyl groups is 2. The Kier molecular flexibility index (Phi) is 10.7. The third-order valence-electron chi connectivity index (χ3n) is 13.9. The van der Waals surface area contributed by atoms with Gasteiger partial charge in [0.15, 0.2) is 5.43 Å². The molecule has 4 bridgehead atoms. The Bertz CT molecular complexity index is 2700. The quantitative estimate of drug-likeness (QED) is 0.0786. The molecule has 0 radical (unpaired) electrons. The number of aliphatic hydroxyl groups is 3. The first-order chi connectivity index (χ1) is 29.9. The van der Waals surface area contributed by atoms with Crippen LogP contribution in [0.4, 0.5) is 11.6 Å². The van der Waals surface area contributed by atoms with Crippen LogP contribution in [0.3, 0.4) is 0 Å². The fourth-order valence-corrected chi connectivity index (χ4v) is 10.7. The molecule has 4 aliphatic rings. The van der Waals surface area contributed by atoms with E-state index in [1.54, 1.807) is 25.3 Å². The number of esters is 1. The van der Waals surface area contributed by atoms with E-state index in [0.717, 1.165) is 47.0 Å². The number of phenols is 2. The molecule has 3 aliphatic heterocycles. The van der Waals surface area contributed by atoms with Crippen LogP contribution < -0.4 is 21.2 Å². The van der Waals surface area contributed by atoms with Gasteiger partial charge in [-0.1, -0.05) is 18.2 Å².